The van der Waals surface area contributed by atoms with E-state index in [4.69, 9.17) is 4.74 Å². The van der Waals surface area contributed by atoms with Crippen molar-refractivity contribution in [2.75, 3.05) is 29.2 Å². The normalized spacial score (nSPS) is 16.1. The molecule has 1 fully saturated rings. The molecule has 2 N–H and O–H groups in total. The van der Waals surface area contributed by atoms with Crippen LogP contribution in [0.3, 0.4) is 0 Å². The highest BCUT2D eigenvalue weighted by molar-refractivity contribution is 6.03. The molecule has 1 heterocycles. The summed E-state index contributed by atoms with van der Waals surface area (Å²) in [5, 5.41) is 5.49. The molecule has 2 aromatic rings. The van der Waals surface area contributed by atoms with Crippen molar-refractivity contribution in [1.29, 1.82) is 0 Å². The summed E-state index contributed by atoms with van der Waals surface area (Å²) in [6.45, 7) is 1.75. The van der Waals surface area contributed by atoms with Crippen molar-refractivity contribution in [3.05, 3.63) is 48.5 Å². The summed E-state index contributed by atoms with van der Waals surface area (Å²) >= 11 is 0. The minimum Gasteiger partial charge on any atom is -0.497 e. The third-order valence-corrected chi connectivity index (χ3v) is 4.33. The first kappa shape index (κ1) is 18.4. The van der Waals surface area contributed by atoms with Crippen LogP contribution in [0.4, 0.5) is 17.1 Å². The first-order valence-electron chi connectivity index (χ1n) is 8.59. The van der Waals surface area contributed by atoms with E-state index in [0.29, 0.717) is 29.4 Å². The van der Waals surface area contributed by atoms with Gasteiger partial charge in [-0.1, -0.05) is 6.07 Å². The predicted octanol–water partition coefficient (Wildman–Crippen LogP) is 2.65. The van der Waals surface area contributed by atoms with Crippen LogP contribution in [0.1, 0.15) is 13.3 Å². The minimum atomic E-state index is -0.432. The van der Waals surface area contributed by atoms with Gasteiger partial charge in [-0.3, -0.25) is 14.4 Å². The molecule has 1 saturated heterocycles. The molecule has 0 unspecified atom stereocenters. The van der Waals surface area contributed by atoms with Gasteiger partial charge in [0, 0.05) is 43.0 Å². The van der Waals surface area contributed by atoms with E-state index in [1.165, 1.54) is 6.92 Å². The maximum absolute atomic E-state index is 12.5. The number of methoxy groups -OCH3 is 1. The number of anilines is 3. The summed E-state index contributed by atoms with van der Waals surface area (Å²) in [6.07, 6.45) is 0.160. The lowest BCUT2D eigenvalue weighted by atomic mass is 10.1. The van der Waals surface area contributed by atoms with Gasteiger partial charge in [-0.25, -0.2) is 0 Å². The van der Waals surface area contributed by atoms with Gasteiger partial charge in [0.15, 0.2) is 0 Å². The van der Waals surface area contributed by atoms with Gasteiger partial charge in [-0.15, -0.1) is 0 Å². The molecule has 3 rings (SSSR count). The maximum Gasteiger partial charge on any atom is 0.229 e. The second-order valence-electron chi connectivity index (χ2n) is 6.35. The monoisotopic (exact) mass is 367 g/mol. The van der Waals surface area contributed by atoms with Gasteiger partial charge in [-0.05, 0) is 36.4 Å². The van der Waals surface area contributed by atoms with Crippen LogP contribution in [0.5, 0.6) is 5.75 Å². The van der Waals surface area contributed by atoms with Crippen molar-refractivity contribution < 1.29 is 19.1 Å². The molecule has 0 spiro atoms. The number of nitrogens with zero attached hydrogens (tertiary/aromatic N) is 1. The first-order chi connectivity index (χ1) is 13.0. The van der Waals surface area contributed by atoms with Gasteiger partial charge in [-0.2, -0.15) is 0 Å². The number of ether oxygens (including phenoxy) is 1. The quantitative estimate of drug-likeness (QED) is 0.850. The fourth-order valence-electron chi connectivity index (χ4n) is 3.00. The molecule has 140 valence electrons. The zero-order chi connectivity index (χ0) is 19.4. The average Bonchev–Trinajstić information content (AvgIpc) is 3.05. The van der Waals surface area contributed by atoms with Crippen LogP contribution in [0.2, 0.25) is 0 Å². The van der Waals surface area contributed by atoms with E-state index in [1.807, 2.05) is 12.1 Å². The van der Waals surface area contributed by atoms with E-state index in [1.54, 1.807) is 48.4 Å². The predicted molar refractivity (Wildman–Crippen MR) is 103 cm³/mol. The molecule has 1 aliphatic rings. The van der Waals surface area contributed by atoms with Crippen molar-refractivity contribution >= 4 is 34.8 Å². The van der Waals surface area contributed by atoms with E-state index >= 15 is 0 Å². The van der Waals surface area contributed by atoms with E-state index < -0.39 is 5.92 Å². The summed E-state index contributed by atoms with van der Waals surface area (Å²) in [4.78, 5) is 37.5. The molecule has 3 amide bonds. The van der Waals surface area contributed by atoms with E-state index in [9.17, 15) is 14.4 Å². The second-order valence-corrected chi connectivity index (χ2v) is 6.35. The highest BCUT2D eigenvalue weighted by Crippen LogP contribution is 2.28. The highest BCUT2D eigenvalue weighted by Gasteiger charge is 2.35. The van der Waals surface area contributed by atoms with Crippen LogP contribution >= 0.6 is 0 Å². The van der Waals surface area contributed by atoms with Gasteiger partial charge >= 0.3 is 0 Å². The summed E-state index contributed by atoms with van der Waals surface area (Å²) in [7, 11) is 1.57. The molecule has 1 atom stereocenters. The van der Waals surface area contributed by atoms with Gasteiger partial charge in [0.25, 0.3) is 0 Å². The molecule has 1 aliphatic heterocycles. The third kappa shape index (κ3) is 4.44. The number of nitrogens with one attached hydrogen (secondary N) is 2. The lowest BCUT2D eigenvalue weighted by Gasteiger charge is -2.17. The molecular formula is C20H21N3O4. The molecular weight excluding hydrogens is 346 g/mol. The Morgan fingerprint density at radius 2 is 1.74 bits per heavy atom. The van der Waals surface area contributed by atoms with Crippen molar-refractivity contribution in [2.24, 2.45) is 5.92 Å². The lowest BCUT2D eigenvalue weighted by molar-refractivity contribution is -0.122. The molecule has 0 aliphatic carbocycles. The molecule has 2 aromatic carbocycles. The summed E-state index contributed by atoms with van der Waals surface area (Å²) in [5.41, 5.74) is 1.98. The third-order valence-electron chi connectivity index (χ3n) is 4.33. The fraction of sp³-hybridized carbons (Fsp3) is 0.250. The average molecular weight is 367 g/mol. The Morgan fingerprint density at radius 3 is 2.37 bits per heavy atom. The van der Waals surface area contributed by atoms with Gasteiger partial charge in [0.2, 0.25) is 17.7 Å². The Hall–Kier alpha value is -3.35. The first-order valence-corrected chi connectivity index (χ1v) is 8.59. The molecule has 0 bridgehead atoms. The van der Waals surface area contributed by atoms with Gasteiger partial charge in [0.1, 0.15) is 5.75 Å². The minimum absolute atomic E-state index is 0.0931. The largest absolute Gasteiger partial charge is 0.497 e. The van der Waals surface area contributed by atoms with Crippen LogP contribution in [-0.4, -0.2) is 31.4 Å². The molecule has 27 heavy (non-hydrogen) atoms. The second kappa shape index (κ2) is 7.90. The van der Waals surface area contributed by atoms with Gasteiger partial charge < -0.3 is 20.3 Å². The number of benzene rings is 2. The summed E-state index contributed by atoms with van der Waals surface area (Å²) in [5.74, 6) is -0.231. The Balaban J connectivity index is 1.64. The Kier molecular flexibility index (Phi) is 5.40. The van der Waals surface area contributed by atoms with Gasteiger partial charge in [0.05, 0.1) is 13.0 Å². The van der Waals surface area contributed by atoms with Crippen LogP contribution in [0, 0.1) is 5.92 Å². The van der Waals surface area contributed by atoms with Crippen molar-refractivity contribution in [1.82, 2.24) is 0 Å². The highest BCUT2D eigenvalue weighted by atomic mass is 16.5. The van der Waals surface area contributed by atoms with E-state index in [0.717, 1.165) is 0 Å². The zero-order valence-corrected chi connectivity index (χ0v) is 15.2. The smallest absolute Gasteiger partial charge is 0.229 e. The van der Waals surface area contributed by atoms with Crippen molar-refractivity contribution in [3.63, 3.8) is 0 Å². The fourth-order valence-corrected chi connectivity index (χ4v) is 3.00. The molecule has 7 heteroatoms. The number of carbonyl (C=O) groups is 3. The lowest BCUT2D eigenvalue weighted by Crippen LogP contribution is -2.28. The molecule has 0 aromatic heterocycles. The van der Waals surface area contributed by atoms with E-state index in [2.05, 4.69) is 10.6 Å². The summed E-state index contributed by atoms with van der Waals surface area (Å²) in [6, 6.07) is 14.0. The van der Waals surface area contributed by atoms with Crippen molar-refractivity contribution in [2.45, 2.75) is 13.3 Å². The van der Waals surface area contributed by atoms with Crippen LogP contribution in [-0.2, 0) is 14.4 Å². The Labute approximate surface area is 157 Å². The SMILES string of the molecule is COc1cccc(N2C[C@H](C(=O)Nc3ccc(NC(C)=O)cc3)CC2=O)c1. The Bertz CT molecular complexity index is 864. The van der Waals surface area contributed by atoms with Crippen LogP contribution in [0.25, 0.3) is 0 Å². The van der Waals surface area contributed by atoms with Crippen LogP contribution in [0.15, 0.2) is 48.5 Å². The number of hydrogen-bond donors (Lipinski definition) is 2. The zero-order valence-electron chi connectivity index (χ0n) is 15.2. The topological polar surface area (TPSA) is 87.7 Å². The molecule has 7 nitrogen and oxygen atoms in total. The summed E-state index contributed by atoms with van der Waals surface area (Å²) < 4.78 is 5.19. The molecule has 0 radical (unpaired) electrons. The Morgan fingerprint density at radius 1 is 1.07 bits per heavy atom. The molecule has 0 saturated carbocycles. The number of rotatable bonds is 5. The maximum atomic E-state index is 12.5. The number of hydrogen-bond acceptors (Lipinski definition) is 4. The number of carbonyl (C=O) groups excluding carboxylic acids is 3. The van der Waals surface area contributed by atoms with E-state index in [-0.39, 0.29) is 24.1 Å². The van der Waals surface area contributed by atoms with Crippen molar-refractivity contribution in [3.8, 4) is 5.75 Å². The van der Waals surface area contributed by atoms with Crippen LogP contribution < -0.4 is 20.3 Å². The standard InChI is InChI=1S/C20H21N3O4/c1-13(24)21-15-6-8-16(9-7-15)22-20(26)14-10-19(25)23(12-14)17-4-3-5-18(11-17)27-2/h3-9,11,14H,10,12H2,1-2H3,(H,21,24)(H,22,26)/t14-/m1/s1. The number of amides is 3.